The fraction of sp³-hybridized carbons (Fsp3) is 0.500. The summed E-state index contributed by atoms with van der Waals surface area (Å²) in [6.45, 7) is 4.09. The van der Waals surface area contributed by atoms with Crippen molar-refractivity contribution in [2.24, 2.45) is 0 Å². The van der Waals surface area contributed by atoms with Gasteiger partial charge in [-0.1, -0.05) is 22.0 Å². The normalized spacial score (nSPS) is 22.3. The van der Waals surface area contributed by atoms with Gasteiger partial charge in [0.05, 0.1) is 0 Å². The van der Waals surface area contributed by atoms with Crippen LogP contribution in [0.1, 0.15) is 31.2 Å². The number of benzene rings is 1. The molecule has 1 atom stereocenters. The molecule has 0 spiro atoms. The number of amides is 1. The van der Waals surface area contributed by atoms with Crippen molar-refractivity contribution in [1.29, 1.82) is 0 Å². The summed E-state index contributed by atoms with van der Waals surface area (Å²) in [5.74, 6) is -0.326. The van der Waals surface area contributed by atoms with Crippen molar-refractivity contribution in [3.8, 4) is 0 Å². The smallest absolute Gasteiger partial charge is 0.246 e. The van der Waals surface area contributed by atoms with E-state index in [1.807, 2.05) is 4.90 Å². The topological polar surface area (TPSA) is 23.6 Å². The van der Waals surface area contributed by atoms with E-state index in [-0.39, 0.29) is 11.7 Å². The van der Waals surface area contributed by atoms with Gasteiger partial charge in [0.2, 0.25) is 5.91 Å². The van der Waals surface area contributed by atoms with Crippen molar-refractivity contribution in [2.45, 2.75) is 31.7 Å². The molecule has 3 nitrogen and oxygen atoms in total. The van der Waals surface area contributed by atoms with Gasteiger partial charge in [0, 0.05) is 35.2 Å². The summed E-state index contributed by atoms with van der Waals surface area (Å²) in [7, 11) is 0. The summed E-state index contributed by atoms with van der Waals surface area (Å²) in [6, 6.07) is 5.17. The summed E-state index contributed by atoms with van der Waals surface area (Å²) in [5, 5.41) is 0. The van der Waals surface area contributed by atoms with E-state index < -0.39 is 0 Å². The van der Waals surface area contributed by atoms with Crippen LogP contribution in [0.5, 0.6) is 0 Å². The van der Waals surface area contributed by atoms with Gasteiger partial charge in [-0.3, -0.25) is 4.79 Å². The van der Waals surface area contributed by atoms with Crippen LogP contribution in [0.15, 0.2) is 28.7 Å². The van der Waals surface area contributed by atoms with Gasteiger partial charge in [-0.15, -0.1) is 0 Å². The molecule has 5 heteroatoms. The minimum atomic E-state index is -0.321. The molecule has 0 bridgehead atoms. The molecule has 2 fully saturated rings. The zero-order valence-corrected chi connectivity index (χ0v) is 14.8. The second kappa shape index (κ2) is 7.58. The third-order valence-electron chi connectivity index (χ3n) is 4.70. The Morgan fingerprint density at radius 2 is 2.04 bits per heavy atom. The Morgan fingerprint density at radius 3 is 2.78 bits per heavy atom. The molecule has 23 heavy (non-hydrogen) atoms. The van der Waals surface area contributed by atoms with Crippen molar-refractivity contribution < 1.29 is 9.18 Å². The van der Waals surface area contributed by atoms with Crippen molar-refractivity contribution in [3.05, 3.63) is 40.1 Å². The molecule has 0 radical (unpaired) electrons. The zero-order valence-electron chi connectivity index (χ0n) is 13.2. The van der Waals surface area contributed by atoms with Crippen LogP contribution in [-0.4, -0.2) is 47.9 Å². The molecule has 0 aliphatic carbocycles. The first-order valence-electron chi connectivity index (χ1n) is 8.29. The molecule has 2 saturated heterocycles. The summed E-state index contributed by atoms with van der Waals surface area (Å²) in [4.78, 5) is 16.9. The van der Waals surface area contributed by atoms with Gasteiger partial charge in [-0.25, -0.2) is 4.39 Å². The largest absolute Gasteiger partial charge is 0.335 e. The van der Waals surface area contributed by atoms with Gasteiger partial charge in [-0.05, 0) is 57.0 Å². The van der Waals surface area contributed by atoms with Crippen molar-refractivity contribution >= 4 is 27.9 Å². The van der Waals surface area contributed by atoms with Crippen LogP contribution in [-0.2, 0) is 4.79 Å². The van der Waals surface area contributed by atoms with Gasteiger partial charge in [0.1, 0.15) is 5.82 Å². The van der Waals surface area contributed by atoms with E-state index in [0.29, 0.717) is 16.1 Å². The fourth-order valence-electron chi connectivity index (χ4n) is 3.47. The Labute approximate surface area is 145 Å². The number of carbonyl (C=O) groups excluding carboxylic acids is 1. The second-order valence-corrected chi connectivity index (χ2v) is 7.25. The number of rotatable bonds is 4. The molecular formula is C18H22BrFN2O. The van der Waals surface area contributed by atoms with Crippen LogP contribution in [0.4, 0.5) is 4.39 Å². The second-order valence-electron chi connectivity index (χ2n) is 6.33. The lowest BCUT2D eigenvalue weighted by molar-refractivity contribution is -0.127. The highest BCUT2D eigenvalue weighted by Crippen LogP contribution is 2.21. The number of hydrogen-bond donors (Lipinski definition) is 0. The molecule has 1 unspecified atom stereocenters. The highest BCUT2D eigenvalue weighted by Gasteiger charge is 2.29. The molecule has 0 N–H and O–H groups in total. The Bertz CT molecular complexity index is 599. The highest BCUT2D eigenvalue weighted by atomic mass is 79.9. The van der Waals surface area contributed by atoms with Gasteiger partial charge in [-0.2, -0.15) is 0 Å². The van der Waals surface area contributed by atoms with Crippen LogP contribution >= 0.6 is 15.9 Å². The zero-order chi connectivity index (χ0) is 16.2. The average molecular weight is 381 g/mol. The fourth-order valence-corrected chi connectivity index (χ4v) is 3.81. The summed E-state index contributed by atoms with van der Waals surface area (Å²) in [6.07, 6.45) is 7.75. The third kappa shape index (κ3) is 4.21. The average Bonchev–Trinajstić information content (AvgIpc) is 3.18. The van der Waals surface area contributed by atoms with Crippen molar-refractivity contribution in [1.82, 2.24) is 9.80 Å². The molecular weight excluding hydrogens is 359 g/mol. The molecule has 2 heterocycles. The van der Waals surface area contributed by atoms with Crippen LogP contribution in [0, 0.1) is 5.82 Å². The lowest BCUT2D eigenvalue weighted by Gasteiger charge is -2.27. The lowest BCUT2D eigenvalue weighted by atomic mass is 10.2. The van der Waals surface area contributed by atoms with Gasteiger partial charge >= 0.3 is 0 Å². The van der Waals surface area contributed by atoms with E-state index in [4.69, 9.17) is 0 Å². The SMILES string of the molecule is O=C(C=Cc1ccc(Br)cc1F)N1CCCC1CN1CCCC1. The summed E-state index contributed by atoms with van der Waals surface area (Å²) in [5.41, 5.74) is 0.442. The summed E-state index contributed by atoms with van der Waals surface area (Å²) >= 11 is 3.24. The Balaban J connectivity index is 1.63. The Kier molecular flexibility index (Phi) is 5.49. The van der Waals surface area contributed by atoms with E-state index in [2.05, 4.69) is 20.8 Å². The molecule has 1 amide bonds. The minimum absolute atomic E-state index is 0.00554. The van der Waals surface area contributed by atoms with Crippen molar-refractivity contribution in [3.63, 3.8) is 0 Å². The molecule has 0 aromatic heterocycles. The third-order valence-corrected chi connectivity index (χ3v) is 5.19. The predicted molar refractivity (Wildman–Crippen MR) is 93.5 cm³/mol. The minimum Gasteiger partial charge on any atom is -0.335 e. The Morgan fingerprint density at radius 1 is 1.26 bits per heavy atom. The first-order chi connectivity index (χ1) is 11.1. The number of hydrogen-bond acceptors (Lipinski definition) is 2. The van der Waals surface area contributed by atoms with Crippen LogP contribution < -0.4 is 0 Å². The monoisotopic (exact) mass is 380 g/mol. The van der Waals surface area contributed by atoms with E-state index in [1.165, 1.54) is 25.0 Å². The number of carbonyl (C=O) groups is 1. The van der Waals surface area contributed by atoms with Crippen LogP contribution in [0.3, 0.4) is 0 Å². The molecule has 2 aliphatic heterocycles. The quantitative estimate of drug-likeness (QED) is 0.743. The van der Waals surface area contributed by atoms with Gasteiger partial charge in [0.15, 0.2) is 0 Å². The molecule has 0 saturated carbocycles. The van der Waals surface area contributed by atoms with Crippen LogP contribution in [0.25, 0.3) is 6.08 Å². The maximum Gasteiger partial charge on any atom is 0.246 e. The van der Waals surface area contributed by atoms with Crippen LogP contribution in [0.2, 0.25) is 0 Å². The van der Waals surface area contributed by atoms with E-state index >= 15 is 0 Å². The molecule has 3 rings (SSSR count). The highest BCUT2D eigenvalue weighted by molar-refractivity contribution is 9.10. The molecule has 124 valence electrons. The van der Waals surface area contributed by atoms with Gasteiger partial charge in [0.25, 0.3) is 0 Å². The lowest BCUT2D eigenvalue weighted by Crippen LogP contribution is -2.41. The van der Waals surface area contributed by atoms with Crippen molar-refractivity contribution in [2.75, 3.05) is 26.2 Å². The maximum atomic E-state index is 13.8. The van der Waals surface area contributed by atoms with E-state index in [9.17, 15) is 9.18 Å². The summed E-state index contributed by atoms with van der Waals surface area (Å²) < 4.78 is 14.5. The molecule has 1 aromatic rings. The standard InChI is InChI=1S/C18H22BrFN2O/c19-15-7-5-14(17(20)12-15)6-8-18(23)22-11-3-4-16(22)13-21-9-1-2-10-21/h5-8,12,16H,1-4,9-11,13H2. The van der Waals surface area contributed by atoms with E-state index in [1.54, 1.807) is 18.2 Å². The maximum absolute atomic E-state index is 13.8. The molecule has 2 aliphatic rings. The predicted octanol–water partition coefficient (Wildman–Crippen LogP) is 3.69. The first-order valence-corrected chi connectivity index (χ1v) is 9.09. The number of likely N-dealkylation sites (tertiary alicyclic amines) is 2. The molecule has 1 aromatic carbocycles. The first kappa shape index (κ1) is 16.7. The van der Waals surface area contributed by atoms with Gasteiger partial charge < -0.3 is 9.80 Å². The number of nitrogens with zero attached hydrogens (tertiary/aromatic N) is 2. The Hall–Kier alpha value is -1.20. The van der Waals surface area contributed by atoms with E-state index in [0.717, 1.165) is 39.0 Å². The number of halogens is 2.